The minimum Gasteiger partial charge on any atom is -0.377 e. The molecule has 2 unspecified atom stereocenters. The molecule has 0 saturated heterocycles. The first-order valence-corrected chi connectivity index (χ1v) is 8.57. The van der Waals surface area contributed by atoms with E-state index in [1.54, 1.807) is 7.05 Å². The van der Waals surface area contributed by atoms with Crippen LogP contribution >= 0.6 is 0 Å². The van der Waals surface area contributed by atoms with Gasteiger partial charge in [0, 0.05) is 19.8 Å². The third-order valence-electron chi connectivity index (χ3n) is 3.75. The SMILES string of the molecule is CC1CCCCC1OCCNS(=O)(=O)c1cnn(C)c1. The van der Waals surface area contributed by atoms with Gasteiger partial charge in [-0.3, -0.25) is 4.68 Å². The molecule has 1 aromatic rings. The van der Waals surface area contributed by atoms with Crippen molar-refractivity contribution in [1.82, 2.24) is 14.5 Å². The summed E-state index contributed by atoms with van der Waals surface area (Å²) in [5, 5.41) is 3.86. The Kier molecular flexibility index (Phi) is 5.17. The fourth-order valence-corrected chi connectivity index (χ4v) is 3.53. The quantitative estimate of drug-likeness (QED) is 0.804. The molecule has 1 aliphatic carbocycles. The second-order valence-electron chi connectivity index (χ2n) is 5.42. The summed E-state index contributed by atoms with van der Waals surface area (Å²) in [5.41, 5.74) is 0. The van der Waals surface area contributed by atoms with Crippen LogP contribution in [0, 0.1) is 5.92 Å². The third kappa shape index (κ3) is 4.04. The van der Waals surface area contributed by atoms with Crippen LogP contribution < -0.4 is 4.72 Å². The van der Waals surface area contributed by atoms with Crippen molar-refractivity contribution in [3.05, 3.63) is 12.4 Å². The molecule has 7 heteroatoms. The van der Waals surface area contributed by atoms with Gasteiger partial charge in [-0.2, -0.15) is 5.10 Å². The zero-order valence-corrected chi connectivity index (χ0v) is 12.9. The molecule has 1 fully saturated rings. The van der Waals surface area contributed by atoms with E-state index in [0.29, 0.717) is 19.1 Å². The van der Waals surface area contributed by atoms with Gasteiger partial charge in [0.2, 0.25) is 10.0 Å². The van der Waals surface area contributed by atoms with E-state index in [9.17, 15) is 8.42 Å². The van der Waals surface area contributed by atoms with Crippen molar-refractivity contribution >= 4 is 10.0 Å². The molecular weight excluding hydrogens is 278 g/mol. The van der Waals surface area contributed by atoms with Gasteiger partial charge in [-0.25, -0.2) is 13.1 Å². The normalized spacial score (nSPS) is 23.9. The van der Waals surface area contributed by atoms with Gasteiger partial charge in [0.1, 0.15) is 4.90 Å². The van der Waals surface area contributed by atoms with Crippen LogP contribution in [-0.4, -0.2) is 37.5 Å². The summed E-state index contributed by atoms with van der Waals surface area (Å²) < 4.78 is 33.7. The molecule has 2 atom stereocenters. The number of rotatable bonds is 6. The number of sulfonamides is 1. The first-order valence-electron chi connectivity index (χ1n) is 7.09. The van der Waals surface area contributed by atoms with E-state index in [1.807, 2.05) is 0 Å². The summed E-state index contributed by atoms with van der Waals surface area (Å²) in [4.78, 5) is 0.186. The van der Waals surface area contributed by atoms with Gasteiger partial charge < -0.3 is 4.74 Å². The van der Waals surface area contributed by atoms with Gasteiger partial charge in [0.25, 0.3) is 0 Å². The number of aromatic nitrogens is 2. The van der Waals surface area contributed by atoms with E-state index in [-0.39, 0.29) is 11.0 Å². The fourth-order valence-electron chi connectivity index (χ4n) is 2.54. The third-order valence-corrected chi connectivity index (χ3v) is 5.17. The molecule has 1 aromatic heterocycles. The second kappa shape index (κ2) is 6.69. The number of ether oxygens (including phenoxy) is 1. The Morgan fingerprint density at radius 2 is 2.20 bits per heavy atom. The van der Waals surface area contributed by atoms with Crippen LogP contribution in [0.3, 0.4) is 0 Å². The minimum atomic E-state index is -3.47. The largest absolute Gasteiger partial charge is 0.377 e. The average molecular weight is 301 g/mol. The average Bonchev–Trinajstić information content (AvgIpc) is 2.84. The number of hydrogen-bond acceptors (Lipinski definition) is 4. The minimum absolute atomic E-state index is 0.186. The summed E-state index contributed by atoms with van der Waals surface area (Å²) in [5.74, 6) is 0.568. The highest BCUT2D eigenvalue weighted by Gasteiger charge is 2.22. The van der Waals surface area contributed by atoms with Gasteiger partial charge in [0.15, 0.2) is 0 Å². The second-order valence-corrected chi connectivity index (χ2v) is 7.19. The maximum absolute atomic E-state index is 11.9. The zero-order valence-electron chi connectivity index (χ0n) is 12.1. The number of nitrogens with zero attached hydrogens (tertiary/aromatic N) is 2. The lowest BCUT2D eigenvalue weighted by Gasteiger charge is -2.28. The highest BCUT2D eigenvalue weighted by Crippen LogP contribution is 2.25. The fraction of sp³-hybridized carbons (Fsp3) is 0.769. The van der Waals surface area contributed by atoms with Gasteiger partial charge in [-0.1, -0.05) is 19.8 Å². The number of hydrogen-bond donors (Lipinski definition) is 1. The van der Waals surface area contributed by atoms with Crippen molar-refractivity contribution in [2.75, 3.05) is 13.2 Å². The molecule has 2 rings (SSSR count). The molecule has 6 nitrogen and oxygen atoms in total. The van der Waals surface area contributed by atoms with Gasteiger partial charge >= 0.3 is 0 Å². The summed E-state index contributed by atoms with van der Waals surface area (Å²) in [7, 11) is -1.78. The van der Waals surface area contributed by atoms with Gasteiger partial charge in [0.05, 0.1) is 18.9 Å². The molecule has 0 radical (unpaired) electrons. The molecule has 1 heterocycles. The molecule has 1 N–H and O–H groups in total. The van der Waals surface area contributed by atoms with Crippen molar-refractivity contribution in [1.29, 1.82) is 0 Å². The lowest BCUT2D eigenvalue weighted by molar-refractivity contribution is -0.00176. The maximum atomic E-state index is 11.9. The van der Waals surface area contributed by atoms with E-state index < -0.39 is 10.0 Å². The molecular formula is C13H23N3O3S. The highest BCUT2D eigenvalue weighted by molar-refractivity contribution is 7.89. The predicted molar refractivity (Wildman–Crippen MR) is 75.8 cm³/mol. The van der Waals surface area contributed by atoms with E-state index in [0.717, 1.165) is 6.42 Å². The predicted octanol–water partition coefficient (Wildman–Crippen LogP) is 1.29. The molecule has 1 saturated carbocycles. The van der Waals surface area contributed by atoms with Crippen LogP contribution in [0.5, 0.6) is 0 Å². The smallest absolute Gasteiger partial charge is 0.243 e. The monoisotopic (exact) mass is 301 g/mol. The Labute approximate surface area is 120 Å². The Bertz CT molecular complexity index is 527. The Balaban J connectivity index is 1.75. The van der Waals surface area contributed by atoms with Crippen molar-refractivity contribution in [3.8, 4) is 0 Å². The van der Waals surface area contributed by atoms with Crippen molar-refractivity contribution in [2.24, 2.45) is 13.0 Å². The standard InChI is InChI=1S/C13H23N3O3S/c1-11-5-3-4-6-13(11)19-8-7-15-20(17,18)12-9-14-16(2)10-12/h9-11,13,15H,3-8H2,1-2H3. The van der Waals surface area contributed by atoms with Crippen LogP contribution in [0.1, 0.15) is 32.6 Å². The van der Waals surface area contributed by atoms with Crippen LogP contribution in [0.15, 0.2) is 17.3 Å². The lowest BCUT2D eigenvalue weighted by atomic mass is 9.88. The van der Waals surface area contributed by atoms with Gasteiger partial charge in [-0.05, 0) is 18.8 Å². The first-order chi connectivity index (χ1) is 9.49. The maximum Gasteiger partial charge on any atom is 0.243 e. The van der Waals surface area contributed by atoms with Crippen LogP contribution in [0.25, 0.3) is 0 Å². The van der Waals surface area contributed by atoms with Crippen LogP contribution in [0.2, 0.25) is 0 Å². The van der Waals surface area contributed by atoms with E-state index in [2.05, 4.69) is 16.7 Å². The highest BCUT2D eigenvalue weighted by atomic mass is 32.2. The van der Waals surface area contributed by atoms with E-state index in [4.69, 9.17) is 4.74 Å². The lowest BCUT2D eigenvalue weighted by Crippen LogP contribution is -2.31. The van der Waals surface area contributed by atoms with Crippen LogP contribution in [-0.2, 0) is 21.8 Å². The van der Waals surface area contributed by atoms with Crippen LogP contribution in [0.4, 0.5) is 0 Å². The Morgan fingerprint density at radius 3 is 2.85 bits per heavy atom. The summed E-state index contributed by atoms with van der Waals surface area (Å²) in [6.07, 6.45) is 7.85. The van der Waals surface area contributed by atoms with E-state index in [1.165, 1.54) is 36.3 Å². The van der Waals surface area contributed by atoms with E-state index >= 15 is 0 Å². The molecule has 20 heavy (non-hydrogen) atoms. The Hall–Kier alpha value is -0.920. The Morgan fingerprint density at radius 1 is 1.45 bits per heavy atom. The topological polar surface area (TPSA) is 73.2 Å². The summed E-state index contributed by atoms with van der Waals surface area (Å²) >= 11 is 0. The molecule has 114 valence electrons. The first kappa shape index (κ1) is 15.5. The molecule has 0 amide bonds. The summed E-state index contributed by atoms with van der Waals surface area (Å²) in [6, 6.07) is 0. The zero-order chi connectivity index (χ0) is 14.6. The molecule has 1 aliphatic rings. The van der Waals surface area contributed by atoms with Crippen molar-refractivity contribution in [3.63, 3.8) is 0 Å². The van der Waals surface area contributed by atoms with Crippen molar-refractivity contribution < 1.29 is 13.2 Å². The van der Waals surface area contributed by atoms with Gasteiger partial charge in [-0.15, -0.1) is 0 Å². The van der Waals surface area contributed by atoms with Crippen molar-refractivity contribution in [2.45, 2.75) is 43.6 Å². The molecule has 0 bridgehead atoms. The number of aryl methyl sites for hydroxylation is 1. The molecule has 0 aromatic carbocycles. The summed E-state index contributed by atoms with van der Waals surface area (Å²) in [6.45, 7) is 2.90. The number of nitrogens with one attached hydrogen (secondary N) is 1. The molecule has 0 spiro atoms. The molecule has 0 aliphatic heterocycles.